The van der Waals surface area contributed by atoms with Gasteiger partial charge in [0.1, 0.15) is 0 Å². The van der Waals surface area contributed by atoms with E-state index in [4.69, 9.17) is 0 Å². The number of aliphatic hydroxyl groups is 1. The van der Waals surface area contributed by atoms with Crippen LogP contribution in [0, 0.1) is 11.8 Å². The summed E-state index contributed by atoms with van der Waals surface area (Å²) in [7, 11) is 1.69. The van der Waals surface area contributed by atoms with Crippen LogP contribution in [0.4, 0.5) is 0 Å². The first kappa shape index (κ1) is 18.2. The summed E-state index contributed by atoms with van der Waals surface area (Å²) in [5, 5.41) is 10.9. The summed E-state index contributed by atoms with van der Waals surface area (Å²) >= 11 is 0. The van der Waals surface area contributed by atoms with Crippen molar-refractivity contribution >= 4 is 5.91 Å². The highest BCUT2D eigenvalue weighted by Crippen LogP contribution is 2.23. The van der Waals surface area contributed by atoms with Crippen LogP contribution < -0.4 is 0 Å². The van der Waals surface area contributed by atoms with Gasteiger partial charge < -0.3 is 10.0 Å². The minimum atomic E-state index is -0.881. The zero-order valence-corrected chi connectivity index (χ0v) is 15.1. The zero-order valence-electron chi connectivity index (χ0n) is 15.1. The van der Waals surface area contributed by atoms with Crippen molar-refractivity contribution in [3.05, 3.63) is 71.8 Å². The Morgan fingerprint density at radius 3 is 2.50 bits per heavy atom. The molecule has 1 aliphatic rings. The summed E-state index contributed by atoms with van der Waals surface area (Å²) in [6.45, 7) is 2.49. The van der Waals surface area contributed by atoms with Gasteiger partial charge in [0.15, 0.2) is 0 Å². The number of β-amino-alcohol motifs (C(OH)–C–C–N with tert-alkyl or cyclic N) is 1. The Bertz CT molecular complexity index is 795. The number of benzene rings is 2. The molecule has 4 nitrogen and oxygen atoms in total. The van der Waals surface area contributed by atoms with Crippen LogP contribution in [0.25, 0.3) is 0 Å². The highest BCUT2D eigenvalue weighted by Gasteiger charge is 2.37. The van der Waals surface area contributed by atoms with Crippen molar-refractivity contribution in [2.45, 2.75) is 18.6 Å². The molecule has 0 saturated carbocycles. The van der Waals surface area contributed by atoms with E-state index < -0.39 is 5.60 Å². The minimum absolute atomic E-state index is 0.274. The van der Waals surface area contributed by atoms with Crippen LogP contribution in [-0.2, 0) is 11.3 Å². The molecule has 4 heteroatoms. The van der Waals surface area contributed by atoms with Gasteiger partial charge in [-0.2, -0.15) is 0 Å². The van der Waals surface area contributed by atoms with Crippen molar-refractivity contribution in [3.8, 4) is 11.8 Å². The average molecular weight is 348 g/mol. The summed E-state index contributed by atoms with van der Waals surface area (Å²) in [6.07, 6.45) is 0.656. The molecule has 0 bridgehead atoms. The first-order valence-corrected chi connectivity index (χ1v) is 8.85. The highest BCUT2D eigenvalue weighted by atomic mass is 16.3. The number of hydrogen-bond donors (Lipinski definition) is 1. The summed E-state index contributed by atoms with van der Waals surface area (Å²) in [6, 6.07) is 19.7. The molecular formula is C22H24N2O2. The maximum Gasteiger partial charge on any atom is 0.298 e. The Morgan fingerprint density at radius 1 is 1.15 bits per heavy atom. The Hall–Kier alpha value is -2.61. The molecule has 134 valence electrons. The normalized spacial score (nSPS) is 19.6. The van der Waals surface area contributed by atoms with Gasteiger partial charge in [0.05, 0.1) is 12.1 Å². The lowest BCUT2D eigenvalue weighted by Gasteiger charge is -2.28. The second-order valence-electron chi connectivity index (χ2n) is 6.95. The van der Waals surface area contributed by atoms with Gasteiger partial charge in [-0.3, -0.25) is 9.69 Å². The predicted molar refractivity (Wildman–Crippen MR) is 102 cm³/mol. The van der Waals surface area contributed by atoms with Crippen molar-refractivity contribution in [3.63, 3.8) is 0 Å². The molecular weight excluding hydrogens is 324 g/mol. The van der Waals surface area contributed by atoms with E-state index in [1.807, 2.05) is 48.5 Å². The molecule has 1 N–H and O–H groups in total. The van der Waals surface area contributed by atoms with E-state index in [2.05, 4.69) is 28.9 Å². The molecule has 26 heavy (non-hydrogen) atoms. The van der Waals surface area contributed by atoms with E-state index in [1.165, 1.54) is 10.5 Å². The van der Waals surface area contributed by atoms with Gasteiger partial charge in [0.25, 0.3) is 5.91 Å². The summed E-state index contributed by atoms with van der Waals surface area (Å²) in [5.41, 5.74) is 1.16. The molecule has 1 saturated heterocycles. The van der Waals surface area contributed by atoms with Crippen molar-refractivity contribution in [1.29, 1.82) is 0 Å². The largest absolute Gasteiger partial charge is 0.387 e. The molecule has 0 radical (unpaired) electrons. The number of carbonyl (C=O) groups is 1. The average Bonchev–Trinajstić information content (AvgIpc) is 3.01. The Kier molecular flexibility index (Phi) is 5.72. The van der Waals surface area contributed by atoms with Crippen LogP contribution in [0.2, 0.25) is 0 Å². The third-order valence-corrected chi connectivity index (χ3v) is 4.63. The molecule has 0 unspecified atom stereocenters. The quantitative estimate of drug-likeness (QED) is 0.861. The van der Waals surface area contributed by atoms with Crippen molar-refractivity contribution in [2.24, 2.45) is 0 Å². The maximum absolute atomic E-state index is 12.2. The number of carbonyl (C=O) groups excluding carboxylic acids is 1. The van der Waals surface area contributed by atoms with Crippen LogP contribution in [-0.4, -0.2) is 53.1 Å². The molecule has 2 aromatic rings. The lowest BCUT2D eigenvalue weighted by molar-refractivity contribution is -0.126. The van der Waals surface area contributed by atoms with Gasteiger partial charge >= 0.3 is 0 Å². The monoisotopic (exact) mass is 348 g/mol. The number of amides is 1. The van der Waals surface area contributed by atoms with E-state index in [1.54, 1.807) is 7.05 Å². The Labute approximate surface area is 155 Å². The fourth-order valence-corrected chi connectivity index (χ4v) is 3.30. The van der Waals surface area contributed by atoms with Gasteiger partial charge in [-0.25, -0.2) is 0 Å². The molecule has 1 fully saturated rings. The molecule has 1 amide bonds. The second-order valence-corrected chi connectivity index (χ2v) is 6.95. The van der Waals surface area contributed by atoms with Crippen LogP contribution in [0.15, 0.2) is 60.7 Å². The standard InChI is InChI=1S/C22H24N2O2/c1-23(21(25)13-12-19-8-4-2-5-9-19)17-22(26)14-15-24(18-22)16-20-10-6-3-7-11-20/h2-11,26H,14-18H2,1H3/t22-/m1/s1. The first-order valence-electron chi connectivity index (χ1n) is 8.85. The number of rotatable bonds is 4. The number of likely N-dealkylation sites (N-methyl/N-ethyl adjacent to an activating group) is 1. The van der Waals surface area contributed by atoms with Crippen molar-refractivity contribution < 1.29 is 9.90 Å². The second kappa shape index (κ2) is 8.18. The SMILES string of the molecule is CN(C[C@]1(O)CCN(Cc2ccccc2)C1)C(=O)C#Cc1ccccc1. The topological polar surface area (TPSA) is 43.8 Å². The van der Waals surface area contributed by atoms with Gasteiger partial charge in [0.2, 0.25) is 0 Å². The zero-order chi connectivity index (χ0) is 18.4. The molecule has 1 heterocycles. The lowest BCUT2D eigenvalue weighted by atomic mass is 10.0. The third kappa shape index (κ3) is 4.95. The molecule has 0 spiro atoms. The van der Waals surface area contributed by atoms with E-state index in [-0.39, 0.29) is 5.91 Å². The Morgan fingerprint density at radius 2 is 1.81 bits per heavy atom. The number of nitrogens with zero attached hydrogens (tertiary/aromatic N) is 2. The van der Waals surface area contributed by atoms with Crippen LogP contribution in [0.1, 0.15) is 17.5 Å². The number of likely N-dealkylation sites (tertiary alicyclic amines) is 1. The minimum Gasteiger partial charge on any atom is -0.387 e. The number of hydrogen-bond acceptors (Lipinski definition) is 3. The smallest absolute Gasteiger partial charge is 0.298 e. The van der Waals surface area contributed by atoms with Gasteiger partial charge in [-0.15, -0.1) is 0 Å². The fourth-order valence-electron chi connectivity index (χ4n) is 3.30. The summed E-state index contributed by atoms with van der Waals surface area (Å²) < 4.78 is 0. The van der Waals surface area contributed by atoms with Crippen LogP contribution in [0.5, 0.6) is 0 Å². The predicted octanol–water partition coefficient (Wildman–Crippen LogP) is 2.13. The van der Waals surface area contributed by atoms with Gasteiger partial charge in [0, 0.05) is 38.2 Å². The first-order chi connectivity index (χ1) is 12.5. The van der Waals surface area contributed by atoms with E-state index in [0.717, 1.165) is 18.7 Å². The molecule has 2 aromatic carbocycles. The molecule has 1 atom stereocenters. The van der Waals surface area contributed by atoms with Gasteiger partial charge in [-0.05, 0) is 24.1 Å². The Balaban J connectivity index is 1.54. The molecule has 0 aromatic heterocycles. The third-order valence-electron chi connectivity index (χ3n) is 4.63. The van der Waals surface area contributed by atoms with Crippen molar-refractivity contribution in [2.75, 3.05) is 26.7 Å². The van der Waals surface area contributed by atoms with Gasteiger partial charge in [-0.1, -0.05) is 54.5 Å². The molecule has 0 aliphatic carbocycles. The molecule has 1 aliphatic heterocycles. The van der Waals surface area contributed by atoms with E-state index in [9.17, 15) is 9.90 Å². The van der Waals surface area contributed by atoms with E-state index in [0.29, 0.717) is 19.5 Å². The van der Waals surface area contributed by atoms with Crippen molar-refractivity contribution in [1.82, 2.24) is 9.80 Å². The van der Waals surface area contributed by atoms with E-state index >= 15 is 0 Å². The lowest BCUT2D eigenvalue weighted by Crippen LogP contribution is -2.45. The van der Waals surface area contributed by atoms with Crippen LogP contribution >= 0.6 is 0 Å². The summed E-state index contributed by atoms with van der Waals surface area (Å²) in [4.78, 5) is 16.0. The summed E-state index contributed by atoms with van der Waals surface area (Å²) in [5.74, 6) is 5.25. The molecule has 3 rings (SSSR count). The highest BCUT2D eigenvalue weighted by molar-refractivity contribution is 5.94. The fraction of sp³-hybridized carbons (Fsp3) is 0.318. The maximum atomic E-state index is 12.2. The van der Waals surface area contributed by atoms with Crippen LogP contribution in [0.3, 0.4) is 0 Å².